The highest BCUT2D eigenvalue weighted by Gasteiger charge is 2.22. The first-order valence-electron chi connectivity index (χ1n) is 9.36. The summed E-state index contributed by atoms with van der Waals surface area (Å²) in [5.41, 5.74) is 5.25. The number of amides is 1. The smallest absolute Gasteiger partial charge is 0.233 e. The van der Waals surface area contributed by atoms with Gasteiger partial charge in [-0.3, -0.25) is 9.69 Å². The fourth-order valence-electron chi connectivity index (χ4n) is 3.26. The highest BCUT2D eigenvalue weighted by Crippen LogP contribution is 2.34. The molecule has 0 unspecified atom stereocenters. The van der Waals surface area contributed by atoms with E-state index in [4.69, 9.17) is 21.0 Å². The van der Waals surface area contributed by atoms with Crippen molar-refractivity contribution in [2.75, 3.05) is 4.90 Å². The predicted molar refractivity (Wildman–Crippen MR) is 119 cm³/mol. The molecule has 0 fully saturated rings. The van der Waals surface area contributed by atoms with Crippen LogP contribution in [0.4, 0.5) is 5.13 Å². The van der Waals surface area contributed by atoms with Gasteiger partial charge in [0.1, 0.15) is 5.76 Å². The van der Waals surface area contributed by atoms with E-state index in [9.17, 15) is 4.79 Å². The summed E-state index contributed by atoms with van der Waals surface area (Å²) < 4.78 is 6.47. The molecule has 4 rings (SSSR count). The Morgan fingerprint density at radius 1 is 1.10 bits per heavy atom. The van der Waals surface area contributed by atoms with Crippen molar-refractivity contribution in [1.82, 2.24) is 4.98 Å². The molecule has 0 saturated carbocycles. The number of hydrogen-bond acceptors (Lipinski definition) is 4. The summed E-state index contributed by atoms with van der Waals surface area (Å²) in [5.74, 6) is 0.694. The van der Waals surface area contributed by atoms with Crippen LogP contribution in [0.25, 0.3) is 10.2 Å². The normalized spacial score (nSPS) is 11.2. The first kappa shape index (κ1) is 19.7. The van der Waals surface area contributed by atoms with E-state index in [0.29, 0.717) is 28.9 Å². The highest BCUT2D eigenvalue weighted by atomic mass is 35.5. The maximum Gasteiger partial charge on any atom is 0.233 e. The number of halogens is 1. The molecule has 2 aromatic heterocycles. The molecule has 4 aromatic rings. The van der Waals surface area contributed by atoms with Crippen molar-refractivity contribution in [2.24, 2.45) is 0 Å². The zero-order valence-electron chi connectivity index (χ0n) is 16.5. The summed E-state index contributed by atoms with van der Waals surface area (Å²) in [5, 5.41) is 1.32. The largest absolute Gasteiger partial charge is 0.467 e. The summed E-state index contributed by atoms with van der Waals surface area (Å²) >= 11 is 7.68. The van der Waals surface area contributed by atoms with Gasteiger partial charge in [-0.2, -0.15) is 0 Å². The fourth-order valence-corrected chi connectivity index (χ4v) is 4.70. The third-order valence-electron chi connectivity index (χ3n) is 4.99. The number of fused-ring (bicyclic) bond motifs is 1. The van der Waals surface area contributed by atoms with Crippen LogP contribution in [-0.4, -0.2) is 10.9 Å². The number of carbonyl (C=O) groups is 1. The van der Waals surface area contributed by atoms with Gasteiger partial charge in [-0.05, 0) is 67.3 Å². The second-order valence-electron chi connectivity index (χ2n) is 7.22. The van der Waals surface area contributed by atoms with Gasteiger partial charge in [-0.15, -0.1) is 0 Å². The number of aryl methyl sites for hydroxylation is 3. The number of benzene rings is 2. The lowest BCUT2D eigenvalue weighted by molar-refractivity contribution is -0.118. The Kier molecular flexibility index (Phi) is 5.43. The first-order valence-corrected chi connectivity index (χ1v) is 10.6. The first-order chi connectivity index (χ1) is 13.9. The van der Waals surface area contributed by atoms with E-state index >= 15 is 0 Å². The number of anilines is 1. The zero-order valence-corrected chi connectivity index (χ0v) is 18.1. The maximum atomic E-state index is 13.3. The van der Waals surface area contributed by atoms with Crippen molar-refractivity contribution >= 4 is 44.2 Å². The van der Waals surface area contributed by atoms with Crippen molar-refractivity contribution in [3.8, 4) is 0 Å². The van der Waals surface area contributed by atoms with Gasteiger partial charge in [-0.1, -0.05) is 41.1 Å². The molecule has 6 heteroatoms. The molecule has 0 radical (unpaired) electrons. The van der Waals surface area contributed by atoms with Crippen LogP contribution < -0.4 is 4.90 Å². The molecular formula is C23H21ClN2O2S. The number of carbonyl (C=O) groups excluding carboxylic acids is 1. The van der Waals surface area contributed by atoms with Crippen molar-refractivity contribution in [1.29, 1.82) is 0 Å². The van der Waals surface area contributed by atoms with Crippen molar-refractivity contribution in [3.63, 3.8) is 0 Å². The van der Waals surface area contributed by atoms with Gasteiger partial charge in [0, 0.05) is 5.02 Å². The number of nitrogens with zero attached hydrogens (tertiary/aromatic N) is 2. The Balaban J connectivity index is 1.70. The van der Waals surface area contributed by atoms with Crippen molar-refractivity contribution in [2.45, 2.75) is 33.7 Å². The van der Waals surface area contributed by atoms with Gasteiger partial charge in [-0.25, -0.2) is 4.98 Å². The molecule has 148 valence electrons. The van der Waals surface area contributed by atoms with Crippen LogP contribution in [0.2, 0.25) is 5.02 Å². The topological polar surface area (TPSA) is 46.3 Å². The SMILES string of the molecule is Cc1ccc(CC(=O)N(Cc2ccco2)c2nc3c(C)cc(Cl)cc3s2)cc1C. The average molecular weight is 425 g/mol. The van der Waals surface area contributed by atoms with Gasteiger partial charge in [0.2, 0.25) is 5.91 Å². The lowest BCUT2D eigenvalue weighted by atomic mass is 10.0. The highest BCUT2D eigenvalue weighted by molar-refractivity contribution is 7.22. The van der Waals surface area contributed by atoms with Gasteiger partial charge in [0.25, 0.3) is 0 Å². The fraction of sp³-hybridized carbons (Fsp3) is 0.217. The summed E-state index contributed by atoms with van der Waals surface area (Å²) in [6.07, 6.45) is 1.92. The molecule has 2 heterocycles. The summed E-state index contributed by atoms with van der Waals surface area (Å²) in [6.45, 7) is 6.44. The van der Waals surface area contributed by atoms with E-state index in [1.807, 2.05) is 37.3 Å². The molecule has 2 aromatic carbocycles. The molecular weight excluding hydrogens is 404 g/mol. The molecule has 1 amide bonds. The van der Waals surface area contributed by atoms with Crippen LogP contribution >= 0.6 is 22.9 Å². The number of furan rings is 1. The maximum absolute atomic E-state index is 13.3. The summed E-state index contributed by atoms with van der Waals surface area (Å²) in [7, 11) is 0. The van der Waals surface area contributed by atoms with Crippen LogP contribution in [0.3, 0.4) is 0 Å². The van der Waals surface area contributed by atoms with E-state index in [-0.39, 0.29) is 5.91 Å². The molecule has 0 spiro atoms. The second kappa shape index (κ2) is 8.01. The molecule has 4 nitrogen and oxygen atoms in total. The zero-order chi connectivity index (χ0) is 20.5. The van der Waals surface area contributed by atoms with Crippen LogP contribution in [0.1, 0.15) is 28.0 Å². The summed E-state index contributed by atoms with van der Waals surface area (Å²) in [6, 6.07) is 13.6. The van der Waals surface area contributed by atoms with Crippen LogP contribution in [0.5, 0.6) is 0 Å². The molecule has 0 N–H and O–H groups in total. The van der Waals surface area contributed by atoms with E-state index < -0.39 is 0 Å². The standard InChI is InChI=1S/C23H21ClN2O2S/c1-14-6-7-17(9-15(14)2)11-21(27)26(13-19-5-4-8-28-19)23-25-22-16(3)10-18(24)12-20(22)29-23/h4-10,12H,11,13H2,1-3H3. The lowest BCUT2D eigenvalue weighted by Gasteiger charge is -2.19. The molecule has 0 aliphatic rings. The average Bonchev–Trinajstić information content (AvgIpc) is 3.32. The van der Waals surface area contributed by atoms with Crippen LogP contribution in [0.15, 0.2) is 53.1 Å². The van der Waals surface area contributed by atoms with Gasteiger partial charge in [0.15, 0.2) is 5.13 Å². The third-order valence-corrected chi connectivity index (χ3v) is 6.24. The third kappa shape index (κ3) is 4.21. The molecule has 0 aliphatic heterocycles. The second-order valence-corrected chi connectivity index (χ2v) is 8.67. The lowest BCUT2D eigenvalue weighted by Crippen LogP contribution is -2.31. The van der Waals surface area contributed by atoms with E-state index in [0.717, 1.165) is 21.3 Å². The Hall–Kier alpha value is -2.63. The Bertz CT molecular complexity index is 1180. The van der Waals surface area contributed by atoms with Gasteiger partial charge < -0.3 is 4.42 Å². The van der Waals surface area contributed by atoms with E-state index in [2.05, 4.69) is 26.0 Å². The summed E-state index contributed by atoms with van der Waals surface area (Å²) in [4.78, 5) is 19.7. The van der Waals surface area contributed by atoms with Crippen LogP contribution in [0, 0.1) is 20.8 Å². The van der Waals surface area contributed by atoms with E-state index in [1.54, 1.807) is 11.2 Å². The molecule has 0 aliphatic carbocycles. The van der Waals surface area contributed by atoms with E-state index in [1.165, 1.54) is 22.5 Å². The molecule has 0 saturated heterocycles. The quantitative estimate of drug-likeness (QED) is 0.380. The molecule has 29 heavy (non-hydrogen) atoms. The monoisotopic (exact) mass is 424 g/mol. The number of hydrogen-bond donors (Lipinski definition) is 0. The van der Waals surface area contributed by atoms with Crippen molar-refractivity contribution in [3.05, 3.63) is 81.8 Å². The minimum absolute atomic E-state index is 0.0209. The Labute approximate surface area is 178 Å². The predicted octanol–water partition coefficient (Wildman–Crippen LogP) is 6.24. The number of aromatic nitrogens is 1. The minimum Gasteiger partial charge on any atom is -0.467 e. The Morgan fingerprint density at radius 2 is 1.93 bits per heavy atom. The van der Waals surface area contributed by atoms with Crippen LogP contribution in [-0.2, 0) is 17.8 Å². The minimum atomic E-state index is -0.0209. The van der Waals surface area contributed by atoms with Crippen molar-refractivity contribution < 1.29 is 9.21 Å². The van der Waals surface area contributed by atoms with Gasteiger partial charge >= 0.3 is 0 Å². The van der Waals surface area contributed by atoms with Gasteiger partial charge in [0.05, 0.1) is 29.4 Å². The number of thiazole rings is 1. The number of rotatable bonds is 5. The molecule has 0 bridgehead atoms. The Morgan fingerprint density at radius 3 is 2.66 bits per heavy atom. The molecule has 0 atom stereocenters.